The van der Waals surface area contributed by atoms with Gasteiger partial charge in [0.2, 0.25) is 15.9 Å². The first-order valence-corrected chi connectivity index (χ1v) is 12.4. The van der Waals surface area contributed by atoms with Crippen molar-refractivity contribution in [3.63, 3.8) is 0 Å². The standard InChI is InChI=1S/C24H22BrN3O4S/c1-27(2)33(31,32)19-11-8-17(9-12-19)24(30)28-15-22(29)26-21-13-10-18(25)14-20(21)23(28)16-6-4-3-5-7-16/h3-14,23H,15H2,1-2H3,(H,26,29)/t23-/m0/s1. The van der Waals surface area contributed by atoms with E-state index in [0.29, 0.717) is 11.3 Å². The van der Waals surface area contributed by atoms with Gasteiger partial charge in [-0.05, 0) is 48.0 Å². The quantitative estimate of drug-likeness (QED) is 0.557. The highest BCUT2D eigenvalue weighted by molar-refractivity contribution is 9.10. The summed E-state index contributed by atoms with van der Waals surface area (Å²) in [5, 5.41) is 2.89. The normalized spacial score (nSPS) is 16.2. The molecule has 9 heteroatoms. The molecular formula is C24H22BrN3O4S. The molecule has 1 N–H and O–H groups in total. The Morgan fingerprint density at radius 2 is 1.70 bits per heavy atom. The Bertz CT molecular complexity index is 1310. The zero-order chi connectivity index (χ0) is 23.8. The number of anilines is 1. The van der Waals surface area contributed by atoms with Gasteiger partial charge < -0.3 is 10.2 Å². The van der Waals surface area contributed by atoms with Gasteiger partial charge in [-0.2, -0.15) is 0 Å². The highest BCUT2D eigenvalue weighted by atomic mass is 79.9. The van der Waals surface area contributed by atoms with Crippen molar-refractivity contribution in [1.29, 1.82) is 0 Å². The monoisotopic (exact) mass is 527 g/mol. The van der Waals surface area contributed by atoms with Crippen molar-refractivity contribution in [3.8, 4) is 0 Å². The van der Waals surface area contributed by atoms with Gasteiger partial charge in [0, 0.05) is 35.4 Å². The third-order valence-corrected chi connectivity index (χ3v) is 7.79. The number of rotatable bonds is 4. The first-order valence-electron chi connectivity index (χ1n) is 10.2. The van der Waals surface area contributed by atoms with Gasteiger partial charge in [-0.15, -0.1) is 0 Å². The first-order chi connectivity index (χ1) is 15.7. The maximum atomic E-state index is 13.6. The Morgan fingerprint density at radius 3 is 2.33 bits per heavy atom. The minimum atomic E-state index is -3.62. The molecule has 1 aliphatic heterocycles. The molecule has 3 aromatic carbocycles. The van der Waals surface area contributed by atoms with E-state index >= 15 is 0 Å². The van der Waals surface area contributed by atoms with Gasteiger partial charge in [0.15, 0.2) is 0 Å². The van der Waals surface area contributed by atoms with Crippen molar-refractivity contribution in [2.24, 2.45) is 0 Å². The third-order valence-electron chi connectivity index (χ3n) is 5.46. The van der Waals surface area contributed by atoms with Crippen molar-refractivity contribution in [1.82, 2.24) is 9.21 Å². The summed E-state index contributed by atoms with van der Waals surface area (Å²) in [6.45, 7) is -0.150. The molecule has 0 spiro atoms. The average molecular weight is 528 g/mol. The molecule has 1 atom stereocenters. The lowest BCUT2D eigenvalue weighted by molar-refractivity contribution is -0.117. The van der Waals surface area contributed by atoms with Crippen molar-refractivity contribution >= 4 is 43.5 Å². The van der Waals surface area contributed by atoms with Crippen LogP contribution in [0.25, 0.3) is 0 Å². The van der Waals surface area contributed by atoms with Gasteiger partial charge in [-0.3, -0.25) is 9.59 Å². The van der Waals surface area contributed by atoms with E-state index in [1.54, 1.807) is 0 Å². The predicted molar refractivity (Wildman–Crippen MR) is 129 cm³/mol. The van der Waals surface area contributed by atoms with Crippen molar-refractivity contribution < 1.29 is 18.0 Å². The van der Waals surface area contributed by atoms with Gasteiger partial charge in [0.1, 0.15) is 6.54 Å². The second kappa shape index (κ2) is 9.09. The molecule has 0 aromatic heterocycles. The zero-order valence-corrected chi connectivity index (χ0v) is 20.4. The fourth-order valence-corrected chi connectivity index (χ4v) is 5.09. The maximum absolute atomic E-state index is 13.6. The molecule has 4 rings (SSSR count). The van der Waals surface area contributed by atoms with Crippen molar-refractivity contribution in [2.45, 2.75) is 10.9 Å². The summed E-state index contributed by atoms with van der Waals surface area (Å²) in [6.07, 6.45) is 0. The summed E-state index contributed by atoms with van der Waals surface area (Å²) >= 11 is 3.49. The summed E-state index contributed by atoms with van der Waals surface area (Å²) in [7, 11) is -0.721. The number of nitrogens with zero attached hydrogens (tertiary/aromatic N) is 2. The van der Waals surface area contributed by atoms with Crippen molar-refractivity contribution in [2.75, 3.05) is 26.0 Å². The number of hydrogen-bond donors (Lipinski definition) is 1. The molecule has 0 unspecified atom stereocenters. The topological polar surface area (TPSA) is 86.8 Å². The lowest BCUT2D eigenvalue weighted by Crippen LogP contribution is -2.39. The van der Waals surface area contributed by atoms with Crippen LogP contribution < -0.4 is 5.32 Å². The van der Waals surface area contributed by atoms with Gasteiger partial charge >= 0.3 is 0 Å². The summed E-state index contributed by atoms with van der Waals surface area (Å²) < 4.78 is 26.7. The Hall–Kier alpha value is -3.01. The molecule has 7 nitrogen and oxygen atoms in total. The van der Waals surface area contributed by atoms with Crippen molar-refractivity contribution in [3.05, 3.63) is 94.0 Å². The smallest absolute Gasteiger partial charge is 0.255 e. The van der Waals surface area contributed by atoms with Gasteiger partial charge in [-0.25, -0.2) is 12.7 Å². The van der Waals surface area contributed by atoms with Crippen LogP contribution in [-0.4, -0.2) is 50.1 Å². The van der Waals surface area contributed by atoms with E-state index in [9.17, 15) is 18.0 Å². The minimum absolute atomic E-state index is 0.0894. The molecule has 2 amide bonds. The molecule has 0 saturated carbocycles. The molecule has 0 aliphatic carbocycles. The fourth-order valence-electron chi connectivity index (χ4n) is 3.81. The predicted octanol–water partition coefficient (Wildman–Crippen LogP) is 3.88. The summed E-state index contributed by atoms with van der Waals surface area (Å²) in [5.74, 6) is -0.683. The summed E-state index contributed by atoms with van der Waals surface area (Å²) in [6, 6.07) is 20.3. The van der Waals surface area contributed by atoms with E-state index in [1.165, 1.54) is 43.3 Å². The average Bonchev–Trinajstić information content (AvgIpc) is 2.94. The number of fused-ring (bicyclic) bond motifs is 1. The van der Waals surface area contributed by atoms with Crippen LogP contribution in [0.1, 0.15) is 27.5 Å². The molecule has 0 bridgehead atoms. The molecule has 170 valence electrons. The number of nitrogens with one attached hydrogen (secondary N) is 1. The Kier molecular flexibility index (Phi) is 6.38. The summed E-state index contributed by atoms with van der Waals surface area (Å²) in [5.41, 5.74) is 2.56. The molecule has 0 fully saturated rings. The van der Waals surface area contributed by atoms with E-state index in [-0.39, 0.29) is 23.3 Å². The maximum Gasteiger partial charge on any atom is 0.255 e. The largest absolute Gasteiger partial charge is 0.324 e. The number of halogens is 1. The number of benzene rings is 3. The van der Waals surface area contributed by atoms with Gasteiger partial charge in [0.05, 0.1) is 10.9 Å². The van der Waals surface area contributed by atoms with Crippen LogP contribution in [0.2, 0.25) is 0 Å². The van der Waals surface area contributed by atoms with Crippen LogP contribution in [0.4, 0.5) is 5.69 Å². The summed E-state index contributed by atoms with van der Waals surface area (Å²) in [4.78, 5) is 28.0. The number of hydrogen-bond acceptors (Lipinski definition) is 4. The van der Waals surface area contributed by atoms with E-state index in [1.807, 2.05) is 48.5 Å². The molecule has 33 heavy (non-hydrogen) atoms. The molecule has 0 radical (unpaired) electrons. The van der Waals surface area contributed by atoms with Crippen LogP contribution in [-0.2, 0) is 14.8 Å². The second-order valence-electron chi connectivity index (χ2n) is 7.84. The van der Waals surface area contributed by atoms with E-state index < -0.39 is 16.1 Å². The molecule has 3 aromatic rings. The molecule has 1 aliphatic rings. The lowest BCUT2D eigenvalue weighted by Gasteiger charge is -2.31. The molecular weight excluding hydrogens is 506 g/mol. The number of sulfonamides is 1. The number of carbonyl (C=O) groups excluding carboxylic acids is 2. The fraction of sp³-hybridized carbons (Fsp3) is 0.167. The molecule has 0 saturated heterocycles. The first kappa shape index (κ1) is 23.2. The van der Waals surface area contributed by atoms with E-state index in [4.69, 9.17) is 0 Å². The van der Waals surface area contributed by atoms with Gasteiger partial charge in [-0.1, -0.05) is 46.3 Å². The third kappa shape index (κ3) is 4.57. The highest BCUT2D eigenvalue weighted by Crippen LogP contribution is 2.38. The van der Waals surface area contributed by atoms with Crippen LogP contribution in [0, 0.1) is 0 Å². The number of carbonyl (C=O) groups is 2. The zero-order valence-electron chi connectivity index (χ0n) is 18.0. The Morgan fingerprint density at radius 1 is 1.03 bits per heavy atom. The SMILES string of the molecule is CN(C)S(=O)(=O)c1ccc(C(=O)N2CC(=O)Nc3ccc(Br)cc3[C@@H]2c2ccccc2)cc1. The van der Waals surface area contributed by atoms with E-state index in [0.717, 1.165) is 19.9 Å². The number of amides is 2. The van der Waals surface area contributed by atoms with Gasteiger partial charge in [0.25, 0.3) is 5.91 Å². The molecule has 1 heterocycles. The van der Waals surface area contributed by atoms with Crippen LogP contribution in [0.3, 0.4) is 0 Å². The highest BCUT2D eigenvalue weighted by Gasteiger charge is 2.34. The minimum Gasteiger partial charge on any atom is -0.324 e. The van der Waals surface area contributed by atoms with Crippen LogP contribution in [0.15, 0.2) is 82.2 Å². The van der Waals surface area contributed by atoms with E-state index in [2.05, 4.69) is 21.2 Å². The Balaban J connectivity index is 1.80. The van der Waals surface area contributed by atoms with Crippen LogP contribution in [0.5, 0.6) is 0 Å². The lowest BCUT2D eigenvalue weighted by atomic mass is 9.95. The van der Waals surface area contributed by atoms with Crippen LogP contribution >= 0.6 is 15.9 Å². The second-order valence-corrected chi connectivity index (χ2v) is 10.9. The Labute approximate surface area is 201 Å².